The molecule has 0 aliphatic carbocycles. The van der Waals surface area contributed by atoms with Crippen molar-refractivity contribution in [3.05, 3.63) is 77.9 Å². The summed E-state index contributed by atoms with van der Waals surface area (Å²) in [6.07, 6.45) is 0. The summed E-state index contributed by atoms with van der Waals surface area (Å²) in [6, 6.07) is 24.3. The Morgan fingerprint density at radius 2 is 1.30 bits per heavy atom. The number of carboxylic acids is 2. The van der Waals surface area contributed by atoms with Crippen LogP contribution in [0.1, 0.15) is 18.1 Å². The Morgan fingerprint density at radius 1 is 0.757 bits per heavy atom. The number of piperazine rings is 1. The van der Waals surface area contributed by atoms with E-state index in [1.54, 1.807) is 7.11 Å². The maximum atomic E-state index is 9.10. The summed E-state index contributed by atoms with van der Waals surface area (Å²) >= 11 is 0. The monoisotopic (exact) mass is 503 g/mol. The molecule has 1 aromatic heterocycles. The van der Waals surface area contributed by atoms with Gasteiger partial charge in [0, 0.05) is 67.6 Å². The Kier molecular flexibility index (Phi) is 8.43. The molecule has 5 rings (SSSR count). The molecule has 0 atom stereocenters. The van der Waals surface area contributed by atoms with Crippen LogP contribution in [-0.4, -0.2) is 69.8 Å². The lowest BCUT2D eigenvalue weighted by molar-refractivity contribution is -0.159. The molecule has 0 amide bonds. The summed E-state index contributed by atoms with van der Waals surface area (Å²) in [6.45, 7) is 9.73. The van der Waals surface area contributed by atoms with Gasteiger partial charge in [-0.05, 0) is 48.4 Å². The second kappa shape index (κ2) is 11.9. The highest BCUT2D eigenvalue weighted by Crippen LogP contribution is 2.30. The van der Waals surface area contributed by atoms with E-state index in [1.165, 1.54) is 32.9 Å². The summed E-state index contributed by atoms with van der Waals surface area (Å²) in [5.74, 6) is -2.72. The number of carbonyl (C=O) groups is 2. The molecule has 0 radical (unpaired) electrons. The fourth-order valence-electron chi connectivity index (χ4n) is 4.89. The number of fused-ring (bicyclic) bond motifs is 3. The van der Waals surface area contributed by atoms with Gasteiger partial charge in [0.05, 0.1) is 7.11 Å². The van der Waals surface area contributed by atoms with Crippen LogP contribution in [0, 0.1) is 0 Å². The van der Waals surface area contributed by atoms with Crippen molar-refractivity contribution >= 4 is 33.7 Å². The largest absolute Gasteiger partial charge is 0.497 e. The first-order valence-electron chi connectivity index (χ1n) is 12.4. The SMILES string of the molecule is CCn1c2ccccc2c2cc(CN3CCN(Cc4ccc(OC)cc4)CC3)ccc21.O=C(O)C(=O)O. The maximum absolute atomic E-state index is 9.10. The Morgan fingerprint density at radius 3 is 1.86 bits per heavy atom. The van der Waals surface area contributed by atoms with E-state index in [-0.39, 0.29) is 0 Å². The first kappa shape index (κ1) is 26.2. The molecule has 0 saturated carbocycles. The van der Waals surface area contributed by atoms with Crippen LogP contribution in [0.5, 0.6) is 5.75 Å². The van der Waals surface area contributed by atoms with Crippen LogP contribution in [0.25, 0.3) is 21.8 Å². The van der Waals surface area contributed by atoms with Crippen LogP contribution >= 0.6 is 0 Å². The quantitative estimate of drug-likeness (QED) is 0.379. The molecular formula is C29H33N3O5. The lowest BCUT2D eigenvalue weighted by Crippen LogP contribution is -2.45. The first-order chi connectivity index (χ1) is 17.9. The number of hydrogen-bond acceptors (Lipinski definition) is 5. The number of methoxy groups -OCH3 is 1. The van der Waals surface area contributed by atoms with Crippen LogP contribution < -0.4 is 4.74 Å². The molecule has 0 unspecified atom stereocenters. The highest BCUT2D eigenvalue weighted by atomic mass is 16.5. The van der Waals surface area contributed by atoms with E-state index in [1.807, 2.05) is 0 Å². The van der Waals surface area contributed by atoms with Crippen molar-refractivity contribution in [1.29, 1.82) is 0 Å². The summed E-state index contributed by atoms with van der Waals surface area (Å²) in [7, 11) is 1.72. The summed E-state index contributed by atoms with van der Waals surface area (Å²) in [5.41, 5.74) is 5.45. The number of hydrogen-bond donors (Lipinski definition) is 2. The number of aliphatic carboxylic acids is 2. The van der Waals surface area contributed by atoms with Crippen molar-refractivity contribution in [3.63, 3.8) is 0 Å². The molecule has 2 N–H and O–H groups in total. The number of rotatable bonds is 6. The van der Waals surface area contributed by atoms with Gasteiger partial charge in [0.25, 0.3) is 0 Å². The molecule has 2 heterocycles. The molecule has 37 heavy (non-hydrogen) atoms. The zero-order valence-corrected chi connectivity index (χ0v) is 21.3. The van der Waals surface area contributed by atoms with Crippen molar-refractivity contribution in [3.8, 4) is 5.75 Å². The minimum Gasteiger partial charge on any atom is -0.497 e. The van der Waals surface area contributed by atoms with Crippen molar-refractivity contribution in [2.45, 2.75) is 26.6 Å². The van der Waals surface area contributed by atoms with Gasteiger partial charge in [0.1, 0.15) is 5.75 Å². The molecular weight excluding hydrogens is 470 g/mol. The summed E-state index contributed by atoms with van der Waals surface area (Å²) in [4.78, 5) is 23.3. The Balaban J connectivity index is 0.000000480. The number of ether oxygens (including phenoxy) is 1. The van der Waals surface area contributed by atoms with Gasteiger partial charge in [0.15, 0.2) is 0 Å². The van der Waals surface area contributed by atoms with Crippen LogP contribution in [0.4, 0.5) is 0 Å². The van der Waals surface area contributed by atoms with Gasteiger partial charge in [-0.3, -0.25) is 9.80 Å². The van der Waals surface area contributed by atoms with Gasteiger partial charge >= 0.3 is 11.9 Å². The Labute approximate surface area is 216 Å². The van der Waals surface area contributed by atoms with Crippen LogP contribution in [0.3, 0.4) is 0 Å². The topological polar surface area (TPSA) is 95.2 Å². The highest BCUT2D eigenvalue weighted by molar-refractivity contribution is 6.27. The molecule has 1 aliphatic heterocycles. The molecule has 1 saturated heterocycles. The van der Waals surface area contributed by atoms with Crippen LogP contribution in [-0.2, 0) is 29.2 Å². The zero-order chi connectivity index (χ0) is 26.4. The average molecular weight is 504 g/mol. The van der Waals surface area contributed by atoms with Gasteiger partial charge in [0.2, 0.25) is 0 Å². The molecule has 8 heteroatoms. The number of carboxylic acid groups (broad SMARTS) is 2. The first-order valence-corrected chi connectivity index (χ1v) is 12.4. The second-order valence-corrected chi connectivity index (χ2v) is 9.12. The number of nitrogens with zero attached hydrogens (tertiary/aromatic N) is 3. The predicted molar refractivity (Wildman–Crippen MR) is 144 cm³/mol. The smallest absolute Gasteiger partial charge is 0.414 e. The maximum Gasteiger partial charge on any atom is 0.414 e. The summed E-state index contributed by atoms with van der Waals surface area (Å²) in [5, 5.41) is 17.5. The molecule has 0 bridgehead atoms. The molecule has 3 aromatic carbocycles. The predicted octanol–water partition coefficient (Wildman–Crippen LogP) is 4.30. The minimum atomic E-state index is -1.82. The van der Waals surface area contributed by atoms with E-state index in [4.69, 9.17) is 24.5 Å². The van der Waals surface area contributed by atoms with Crippen LogP contribution in [0.2, 0.25) is 0 Å². The summed E-state index contributed by atoms with van der Waals surface area (Å²) < 4.78 is 7.69. The molecule has 8 nitrogen and oxygen atoms in total. The van der Waals surface area contributed by atoms with Gasteiger partial charge in [-0.15, -0.1) is 0 Å². The Hall–Kier alpha value is -3.88. The third kappa shape index (κ3) is 6.28. The lowest BCUT2D eigenvalue weighted by Gasteiger charge is -2.34. The van der Waals surface area contributed by atoms with Gasteiger partial charge in [-0.2, -0.15) is 0 Å². The highest BCUT2D eigenvalue weighted by Gasteiger charge is 2.18. The van der Waals surface area contributed by atoms with Crippen molar-refractivity contribution in [1.82, 2.24) is 14.4 Å². The molecule has 0 spiro atoms. The molecule has 1 fully saturated rings. The van der Waals surface area contributed by atoms with E-state index in [2.05, 4.69) is 88.0 Å². The fraction of sp³-hybridized carbons (Fsp3) is 0.310. The third-order valence-electron chi connectivity index (χ3n) is 6.77. The fourth-order valence-corrected chi connectivity index (χ4v) is 4.89. The van der Waals surface area contributed by atoms with E-state index in [0.29, 0.717) is 0 Å². The number of aromatic nitrogens is 1. The standard InChI is InChI=1S/C27H31N3O.C2H2O4/c1-3-30-26-7-5-4-6-24(26)25-18-22(10-13-27(25)30)20-29-16-14-28(15-17-29)19-21-8-11-23(31-2)12-9-21;3-1(4)2(5)6/h4-13,18H,3,14-17,19-20H2,1-2H3;(H,3,4)(H,5,6). The molecule has 194 valence electrons. The number of para-hydroxylation sites is 1. The van der Waals surface area contributed by atoms with E-state index < -0.39 is 11.9 Å². The second-order valence-electron chi connectivity index (χ2n) is 9.12. The Bertz CT molecular complexity index is 1360. The van der Waals surface area contributed by atoms with E-state index >= 15 is 0 Å². The van der Waals surface area contributed by atoms with E-state index in [9.17, 15) is 0 Å². The zero-order valence-electron chi connectivity index (χ0n) is 21.3. The molecule has 1 aliphatic rings. The van der Waals surface area contributed by atoms with Crippen molar-refractivity contribution in [2.75, 3.05) is 33.3 Å². The van der Waals surface area contributed by atoms with Gasteiger partial charge in [-0.1, -0.05) is 36.4 Å². The van der Waals surface area contributed by atoms with Crippen molar-refractivity contribution in [2.24, 2.45) is 0 Å². The normalized spacial score (nSPS) is 14.3. The lowest BCUT2D eigenvalue weighted by atomic mass is 10.1. The van der Waals surface area contributed by atoms with Gasteiger partial charge in [-0.25, -0.2) is 9.59 Å². The van der Waals surface area contributed by atoms with Crippen molar-refractivity contribution < 1.29 is 24.5 Å². The van der Waals surface area contributed by atoms with Gasteiger partial charge < -0.3 is 19.5 Å². The molecule has 4 aromatic rings. The number of aryl methyl sites for hydroxylation is 1. The minimum absolute atomic E-state index is 0.924. The van der Waals surface area contributed by atoms with Crippen LogP contribution in [0.15, 0.2) is 66.7 Å². The average Bonchev–Trinajstić information content (AvgIpc) is 3.23. The van der Waals surface area contributed by atoms with E-state index in [0.717, 1.165) is 51.6 Å². The third-order valence-corrected chi connectivity index (χ3v) is 6.77. The number of benzene rings is 3.